The number of hydrogen-bond acceptors (Lipinski definition) is 7. The van der Waals surface area contributed by atoms with Crippen LogP contribution in [0.4, 0.5) is 0 Å². The Hall–Kier alpha value is -2.05. The molecular weight excluding hydrogens is 446 g/mol. The van der Waals surface area contributed by atoms with E-state index in [2.05, 4.69) is 10.1 Å². The van der Waals surface area contributed by atoms with Gasteiger partial charge >= 0.3 is 0 Å². The van der Waals surface area contributed by atoms with Crippen molar-refractivity contribution >= 4 is 28.3 Å². The van der Waals surface area contributed by atoms with Gasteiger partial charge in [0, 0.05) is 63.2 Å². The number of carbonyl (C=O) groups is 1. The number of aromatic nitrogens is 3. The number of amides is 1. The van der Waals surface area contributed by atoms with Crippen molar-refractivity contribution in [2.75, 3.05) is 26.3 Å². The normalized spacial score (nSPS) is 20.0. The van der Waals surface area contributed by atoms with Gasteiger partial charge in [-0.15, -0.1) is 12.4 Å². The van der Waals surface area contributed by atoms with Crippen molar-refractivity contribution < 1.29 is 23.2 Å². The van der Waals surface area contributed by atoms with E-state index in [9.17, 15) is 13.2 Å². The van der Waals surface area contributed by atoms with Crippen LogP contribution in [0.1, 0.15) is 37.3 Å². The number of sulfonamides is 1. The molecule has 31 heavy (non-hydrogen) atoms. The number of nitrogens with zero attached hydrogens (tertiary/aromatic N) is 4. The first kappa shape index (κ1) is 23.6. The zero-order valence-corrected chi connectivity index (χ0v) is 18.5. The third-order valence-electron chi connectivity index (χ3n) is 6.06. The maximum Gasteiger partial charge on any atom is 0.266 e. The van der Waals surface area contributed by atoms with Crippen molar-refractivity contribution in [3.8, 4) is 5.69 Å². The molecule has 0 spiro atoms. The van der Waals surface area contributed by atoms with E-state index in [0.29, 0.717) is 25.9 Å². The molecule has 2 fully saturated rings. The average molecular weight is 472 g/mol. The molecule has 0 aliphatic carbocycles. The topological polar surface area (TPSA) is 127 Å². The van der Waals surface area contributed by atoms with E-state index in [0.717, 1.165) is 11.4 Å². The fourth-order valence-corrected chi connectivity index (χ4v) is 6.39. The molecule has 0 radical (unpaired) electrons. The molecule has 4 rings (SSSR count). The lowest BCUT2D eigenvalue weighted by Crippen LogP contribution is -2.60. The summed E-state index contributed by atoms with van der Waals surface area (Å²) in [5.41, 5.74) is 3.33. The summed E-state index contributed by atoms with van der Waals surface area (Å²) in [5.74, 6) is -0.746. The molecule has 2 aliphatic heterocycles. The van der Waals surface area contributed by atoms with Gasteiger partial charge in [0.25, 0.3) is 5.91 Å². The fraction of sp³-hybridized carbons (Fsp3) is 0.526. The molecule has 1 amide bonds. The zero-order valence-electron chi connectivity index (χ0n) is 16.9. The lowest BCUT2D eigenvalue weighted by molar-refractivity contribution is -0.134. The Morgan fingerprint density at radius 2 is 1.94 bits per heavy atom. The van der Waals surface area contributed by atoms with Crippen LogP contribution in [-0.4, -0.2) is 69.7 Å². The maximum absolute atomic E-state index is 13.4. The van der Waals surface area contributed by atoms with Crippen LogP contribution in [0.2, 0.25) is 0 Å². The van der Waals surface area contributed by atoms with Gasteiger partial charge in [-0.3, -0.25) is 15.0 Å². The van der Waals surface area contributed by atoms with Crippen LogP contribution in [-0.2, 0) is 19.6 Å². The van der Waals surface area contributed by atoms with Gasteiger partial charge in [0.2, 0.25) is 10.0 Å². The molecule has 2 aromatic heterocycles. The number of rotatable bonds is 5. The summed E-state index contributed by atoms with van der Waals surface area (Å²) in [6, 6.07) is 5.73. The summed E-state index contributed by atoms with van der Waals surface area (Å²) in [6.45, 7) is 0.930. The second kappa shape index (κ2) is 9.61. The Bertz CT molecular complexity index is 970. The summed E-state index contributed by atoms with van der Waals surface area (Å²) < 4.78 is 33.4. The Balaban J connectivity index is 0.00000272. The number of ether oxygens (including phenoxy) is 1. The lowest BCUT2D eigenvalue weighted by atomic mass is 9.94. The van der Waals surface area contributed by atoms with Crippen molar-refractivity contribution in [2.45, 2.75) is 36.3 Å². The van der Waals surface area contributed by atoms with Gasteiger partial charge in [-0.05, 0) is 31.0 Å². The van der Waals surface area contributed by atoms with Gasteiger partial charge in [-0.1, -0.05) is 0 Å². The van der Waals surface area contributed by atoms with Crippen molar-refractivity contribution in [1.29, 1.82) is 0 Å². The molecule has 10 nitrogen and oxygen atoms in total. The highest BCUT2D eigenvalue weighted by molar-refractivity contribution is 7.91. The van der Waals surface area contributed by atoms with Gasteiger partial charge in [0.15, 0.2) is 4.75 Å². The Morgan fingerprint density at radius 1 is 1.23 bits per heavy atom. The number of halogens is 1. The van der Waals surface area contributed by atoms with Gasteiger partial charge in [-0.25, -0.2) is 22.9 Å². The third kappa shape index (κ3) is 4.33. The maximum atomic E-state index is 13.4. The Morgan fingerprint density at radius 3 is 2.48 bits per heavy atom. The van der Waals surface area contributed by atoms with Crippen molar-refractivity contribution in [1.82, 2.24) is 24.5 Å². The minimum Gasteiger partial charge on any atom is -0.381 e. The van der Waals surface area contributed by atoms with Crippen molar-refractivity contribution in [2.24, 2.45) is 0 Å². The molecule has 2 aromatic rings. The number of carbonyl (C=O) groups excluding carboxylic acids is 1. The molecule has 4 heterocycles. The van der Waals surface area contributed by atoms with E-state index in [-0.39, 0.29) is 44.4 Å². The first-order valence-corrected chi connectivity index (χ1v) is 11.4. The number of pyridine rings is 1. The third-order valence-corrected chi connectivity index (χ3v) is 8.69. The second-order valence-corrected chi connectivity index (χ2v) is 9.87. The minimum atomic E-state index is -3.95. The van der Waals surface area contributed by atoms with Crippen LogP contribution < -0.4 is 5.48 Å². The summed E-state index contributed by atoms with van der Waals surface area (Å²) in [6.07, 6.45) is 6.58. The smallest absolute Gasteiger partial charge is 0.266 e. The van der Waals surface area contributed by atoms with Crippen LogP contribution in [0.15, 0.2) is 36.8 Å². The van der Waals surface area contributed by atoms with Gasteiger partial charge in [-0.2, -0.15) is 5.10 Å². The molecular formula is C19H26ClN5O5S. The van der Waals surface area contributed by atoms with Gasteiger partial charge in [0.1, 0.15) is 0 Å². The Kier molecular flexibility index (Phi) is 7.32. The summed E-state index contributed by atoms with van der Waals surface area (Å²) in [7, 11) is -3.95. The highest BCUT2D eigenvalue weighted by Crippen LogP contribution is 2.36. The first-order valence-electron chi connectivity index (χ1n) is 9.96. The molecule has 2 aliphatic rings. The minimum absolute atomic E-state index is 0. The SMILES string of the molecule is Cl.O=C(NO)C1(S(=O)(=O)N2CCC(c3ccc(-n4cccn4)cn3)CC2)CCOCC1. The number of hydrogen-bond donors (Lipinski definition) is 2. The molecule has 0 atom stereocenters. The quantitative estimate of drug-likeness (QED) is 0.496. The molecule has 2 saturated heterocycles. The molecule has 0 aromatic carbocycles. The van der Waals surface area contributed by atoms with Gasteiger partial charge < -0.3 is 4.74 Å². The largest absolute Gasteiger partial charge is 0.381 e. The molecule has 0 unspecified atom stereocenters. The number of piperidine rings is 1. The standard InChI is InChI=1S/C19H25N5O5S.ClH/c25-18(22-26)19(6-12-29-13-7-19)30(27,28)23-10-4-15(5-11-23)17-3-2-16(14-20-17)24-9-1-8-21-24;/h1-3,8-9,14-15,26H,4-7,10-13H2,(H,22,25);1H. The van der Waals surface area contributed by atoms with E-state index < -0.39 is 20.7 Å². The average Bonchev–Trinajstić information content (AvgIpc) is 3.34. The van der Waals surface area contributed by atoms with E-state index in [4.69, 9.17) is 9.94 Å². The van der Waals surface area contributed by atoms with E-state index in [1.165, 1.54) is 4.31 Å². The Labute approximate surface area is 187 Å². The van der Waals surface area contributed by atoms with E-state index in [1.807, 2.05) is 24.4 Å². The monoisotopic (exact) mass is 471 g/mol. The van der Waals surface area contributed by atoms with E-state index in [1.54, 1.807) is 22.6 Å². The van der Waals surface area contributed by atoms with Crippen LogP contribution in [0.5, 0.6) is 0 Å². The van der Waals surface area contributed by atoms with Crippen molar-refractivity contribution in [3.63, 3.8) is 0 Å². The van der Waals surface area contributed by atoms with Crippen LogP contribution in [0.3, 0.4) is 0 Å². The van der Waals surface area contributed by atoms with Crippen LogP contribution in [0, 0.1) is 0 Å². The molecule has 2 N–H and O–H groups in total. The van der Waals surface area contributed by atoms with E-state index >= 15 is 0 Å². The van der Waals surface area contributed by atoms with Crippen LogP contribution in [0.25, 0.3) is 5.69 Å². The summed E-state index contributed by atoms with van der Waals surface area (Å²) in [4.78, 5) is 16.9. The number of hydroxylamine groups is 1. The highest BCUT2D eigenvalue weighted by atomic mass is 35.5. The molecule has 0 saturated carbocycles. The molecule has 12 heteroatoms. The fourth-order valence-electron chi connectivity index (χ4n) is 4.24. The predicted octanol–water partition coefficient (Wildman–Crippen LogP) is 1.25. The number of nitrogens with one attached hydrogen (secondary N) is 1. The second-order valence-electron chi connectivity index (χ2n) is 7.62. The first-order chi connectivity index (χ1) is 14.5. The highest BCUT2D eigenvalue weighted by Gasteiger charge is 2.54. The summed E-state index contributed by atoms with van der Waals surface area (Å²) in [5, 5.41) is 13.3. The van der Waals surface area contributed by atoms with Crippen molar-refractivity contribution in [3.05, 3.63) is 42.5 Å². The molecule has 0 bridgehead atoms. The lowest BCUT2D eigenvalue weighted by Gasteiger charge is -2.40. The molecule has 170 valence electrons. The zero-order chi connectivity index (χ0) is 21.2. The predicted molar refractivity (Wildman–Crippen MR) is 114 cm³/mol. The summed E-state index contributed by atoms with van der Waals surface area (Å²) >= 11 is 0. The van der Waals surface area contributed by atoms with Gasteiger partial charge in [0.05, 0.1) is 11.9 Å². The van der Waals surface area contributed by atoms with Crippen LogP contribution >= 0.6 is 12.4 Å².